The molecule has 2 aliphatic heterocycles. The number of hydrogen-bond acceptors (Lipinski definition) is 3. The van der Waals surface area contributed by atoms with Crippen molar-refractivity contribution in [1.29, 1.82) is 0 Å². The fourth-order valence-corrected chi connectivity index (χ4v) is 4.86. The minimum Gasteiger partial charge on any atom is -0.486 e. The second kappa shape index (κ2) is 7.50. The molecule has 1 atom stereocenters. The van der Waals surface area contributed by atoms with E-state index in [2.05, 4.69) is 70.5 Å². The predicted octanol–water partition coefficient (Wildman–Crippen LogP) is 5.14. The number of rotatable bonds is 4. The van der Waals surface area contributed by atoms with Crippen LogP contribution in [0.2, 0.25) is 0 Å². The second-order valence-electron chi connectivity index (χ2n) is 8.54. The molecule has 6 rings (SSSR count). The lowest BCUT2D eigenvalue weighted by atomic mass is 9.99. The van der Waals surface area contributed by atoms with Crippen molar-refractivity contribution in [2.45, 2.75) is 25.9 Å². The SMILES string of the molecule is CCc1cc2c3c(ccc2[nH]1)OCC(CN1CC=C(c2c[nH]c4ccccc24)CC1)O3. The number of H-pyrrole nitrogens is 2. The van der Waals surface area contributed by atoms with Gasteiger partial charge >= 0.3 is 0 Å². The van der Waals surface area contributed by atoms with E-state index in [0.717, 1.165) is 54.9 Å². The fourth-order valence-electron chi connectivity index (χ4n) is 4.86. The number of aryl methyl sites for hydroxylation is 1. The Morgan fingerprint density at radius 2 is 2.03 bits per heavy atom. The van der Waals surface area contributed by atoms with E-state index in [-0.39, 0.29) is 6.10 Å². The van der Waals surface area contributed by atoms with Crippen LogP contribution in [0.5, 0.6) is 11.5 Å². The summed E-state index contributed by atoms with van der Waals surface area (Å²) in [4.78, 5) is 9.33. The second-order valence-corrected chi connectivity index (χ2v) is 8.54. The molecule has 0 radical (unpaired) electrons. The molecule has 2 N–H and O–H groups in total. The monoisotopic (exact) mass is 413 g/mol. The first kappa shape index (κ1) is 18.6. The molecule has 1 unspecified atom stereocenters. The Morgan fingerprint density at radius 1 is 1.10 bits per heavy atom. The number of para-hydroxylation sites is 1. The number of nitrogens with zero attached hydrogens (tertiary/aromatic N) is 1. The summed E-state index contributed by atoms with van der Waals surface area (Å²) in [6.45, 7) is 5.60. The first-order valence-corrected chi connectivity index (χ1v) is 11.2. The number of fused-ring (bicyclic) bond motifs is 4. The summed E-state index contributed by atoms with van der Waals surface area (Å²) in [5.74, 6) is 1.74. The van der Waals surface area contributed by atoms with E-state index in [9.17, 15) is 0 Å². The number of nitrogens with one attached hydrogen (secondary N) is 2. The lowest BCUT2D eigenvalue weighted by Crippen LogP contribution is -2.42. The van der Waals surface area contributed by atoms with Gasteiger partial charge in [-0.1, -0.05) is 31.2 Å². The molecular formula is C26H27N3O2. The van der Waals surface area contributed by atoms with Crippen LogP contribution in [0.25, 0.3) is 27.4 Å². The average Bonchev–Trinajstić information content (AvgIpc) is 3.44. The first-order valence-electron chi connectivity index (χ1n) is 11.2. The summed E-state index contributed by atoms with van der Waals surface area (Å²) in [6.07, 6.45) is 6.59. The molecule has 2 aliphatic rings. The van der Waals surface area contributed by atoms with E-state index in [0.29, 0.717) is 6.61 Å². The summed E-state index contributed by atoms with van der Waals surface area (Å²) in [7, 11) is 0. The van der Waals surface area contributed by atoms with Crippen LogP contribution in [-0.4, -0.2) is 47.2 Å². The molecule has 0 saturated carbocycles. The van der Waals surface area contributed by atoms with Gasteiger partial charge in [-0.25, -0.2) is 0 Å². The maximum atomic E-state index is 6.45. The molecule has 31 heavy (non-hydrogen) atoms. The van der Waals surface area contributed by atoms with Gasteiger partial charge in [0, 0.05) is 58.9 Å². The van der Waals surface area contributed by atoms with Crippen molar-refractivity contribution in [2.75, 3.05) is 26.2 Å². The lowest BCUT2D eigenvalue weighted by Gasteiger charge is -2.33. The number of aromatic nitrogens is 2. The first-order chi connectivity index (χ1) is 15.3. The van der Waals surface area contributed by atoms with Crippen molar-refractivity contribution in [3.05, 3.63) is 66.0 Å². The summed E-state index contributed by atoms with van der Waals surface area (Å²) >= 11 is 0. The molecule has 4 heterocycles. The number of ether oxygens (including phenoxy) is 2. The molecule has 0 bridgehead atoms. The summed E-state index contributed by atoms with van der Waals surface area (Å²) in [5, 5.41) is 2.43. The third kappa shape index (κ3) is 3.29. The van der Waals surface area contributed by atoms with Gasteiger partial charge in [0.25, 0.3) is 0 Å². The van der Waals surface area contributed by atoms with E-state index in [1.54, 1.807) is 0 Å². The highest BCUT2D eigenvalue weighted by Crippen LogP contribution is 2.39. The summed E-state index contributed by atoms with van der Waals surface area (Å²) in [6, 6.07) is 14.8. The summed E-state index contributed by atoms with van der Waals surface area (Å²) < 4.78 is 12.5. The van der Waals surface area contributed by atoms with Gasteiger partial charge in [0.1, 0.15) is 12.7 Å². The van der Waals surface area contributed by atoms with Gasteiger partial charge in [0.05, 0.1) is 0 Å². The lowest BCUT2D eigenvalue weighted by molar-refractivity contribution is 0.0633. The zero-order chi connectivity index (χ0) is 20.8. The molecule has 0 spiro atoms. The third-order valence-electron chi connectivity index (χ3n) is 6.55. The molecular weight excluding hydrogens is 386 g/mol. The molecule has 0 amide bonds. The highest BCUT2D eigenvalue weighted by atomic mass is 16.6. The third-order valence-corrected chi connectivity index (χ3v) is 6.55. The van der Waals surface area contributed by atoms with Crippen LogP contribution in [0.4, 0.5) is 0 Å². The van der Waals surface area contributed by atoms with Crippen molar-refractivity contribution in [2.24, 2.45) is 0 Å². The number of benzene rings is 2. The van der Waals surface area contributed by atoms with Crippen LogP contribution >= 0.6 is 0 Å². The van der Waals surface area contributed by atoms with E-state index in [1.807, 2.05) is 6.07 Å². The Morgan fingerprint density at radius 3 is 2.90 bits per heavy atom. The Hall–Kier alpha value is -3.18. The van der Waals surface area contributed by atoms with E-state index < -0.39 is 0 Å². The minimum atomic E-state index is 0.0427. The normalized spacial score (nSPS) is 19.1. The van der Waals surface area contributed by atoms with Gasteiger partial charge in [-0.2, -0.15) is 0 Å². The fraction of sp³-hybridized carbons (Fsp3) is 0.308. The predicted molar refractivity (Wildman–Crippen MR) is 125 cm³/mol. The van der Waals surface area contributed by atoms with Crippen molar-refractivity contribution in [1.82, 2.24) is 14.9 Å². The quantitative estimate of drug-likeness (QED) is 0.487. The van der Waals surface area contributed by atoms with Gasteiger partial charge in [0.15, 0.2) is 11.5 Å². The van der Waals surface area contributed by atoms with Gasteiger partial charge in [-0.05, 0) is 42.7 Å². The van der Waals surface area contributed by atoms with Crippen molar-refractivity contribution < 1.29 is 9.47 Å². The number of aromatic amines is 2. The Balaban J connectivity index is 1.17. The molecule has 158 valence electrons. The van der Waals surface area contributed by atoms with Crippen LogP contribution in [0.15, 0.2) is 54.7 Å². The van der Waals surface area contributed by atoms with Gasteiger partial charge < -0.3 is 19.4 Å². The highest BCUT2D eigenvalue weighted by Gasteiger charge is 2.26. The molecule has 0 aliphatic carbocycles. The average molecular weight is 414 g/mol. The molecule has 4 aromatic rings. The Kier molecular flexibility index (Phi) is 4.50. The Labute approximate surface area is 181 Å². The molecule has 2 aromatic heterocycles. The van der Waals surface area contributed by atoms with Gasteiger partial charge in [-0.3, -0.25) is 4.90 Å². The maximum Gasteiger partial charge on any atom is 0.171 e. The van der Waals surface area contributed by atoms with Crippen LogP contribution in [0.1, 0.15) is 24.6 Å². The van der Waals surface area contributed by atoms with E-state index in [1.165, 1.54) is 27.7 Å². The van der Waals surface area contributed by atoms with Crippen LogP contribution in [0, 0.1) is 0 Å². The van der Waals surface area contributed by atoms with Crippen molar-refractivity contribution >= 4 is 27.4 Å². The topological polar surface area (TPSA) is 53.3 Å². The summed E-state index contributed by atoms with van der Waals surface area (Å²) in [5.41, 5.74) is 6.31. The highest BCUT2D eigenvalue weighted by molar-refractivity contribution is 5.93. The van der Waals surface area contributed by atoms with Crippen molar-refractivity contribution in [3.63, 3.8) is 0 Å². The molecule has 2 aromatic carbocycles. The molecule has 0 fully saturated rings. The molecule has 0 saturated heterocycles. The largest absolute Gasteiger partial charge is 0.486 e. The molecule has 5 nitrogen and oxygen atoms in total. The Bertz CT molecular complexity index is 1280. The van der Waals surface area contributed by atoms with Crippen LogP contribution < -0.4 is 9.47 Å². The zero-order valence-electron chi connectivity index (χ0n) is 17.8. The van der Waals surface area contributed by atoms with Crippen molar-refractivity contribution in [3.8, 4) is 11.5 Å². The van der Waals surface area contributed by atoms with Gasteiger partial charge in [-0.15, -0.1) is 0 Å². The van der Waals surface area contributed by atoms with E-state index in [4.69, 9.17) is 9.47 Å². The maximum absolute atomic E-state index is 6.45. The minimum absolute atomic E-state index is 0.0427. The van der Waals surface area contributed by atoms with Crippen LogP contribution in [-0.2, 0) is 6.42 Å². The molecule has 5 heteroatoms. The van der Waals surface area contributed by atoms with E-state index >= 15 is 0 Å². The number of hydrogen-bond donors (Lipinski definition) is 2. The standard InChI is InChI=1S/C26H27N3O2/c1-2-18-13-21-24(28-18)7-8-25-26(21)31-19(16-30-25)15-29-11-9-17(10-12-29)22-14-27-23-6-4-3-5-20(22)23/h3-9,13-14,19,27-28H,2,10-12,15-16H2,1H3. The van der Waals surface area contributed by atoms with Gasteiger partial charge in [0.2, 0.25) is 0 Å². The zero-order valence-corrected chi connectivity index (χ0v) is 17.8. The smallest absolute Gasteiger partial charge is 0.171 e. The van der Waals surface area contributed by atoms with Crippen LogP contribution in [0.3, 0.4) is 0 Å².